The van der Waals surface area contributed by atoms with Crippen molar-refractivity contribution in [1.82, 2.24) is 5.48 Å². The number of hydrogen-bond acceptors (Lipinski definition) is 4. The molecule has 1 amide bonds. The second-order valence-electron chi connectivity index (χ2n) is 6.26. The van der Waals surface area contributed by atoms with Crippen LogP contribution < -0.4 is 5.48 Å². The van der Waals surface area contributed by atoms with Crippen LogP contribution in [0.1, 0.15) is 43.7 Å². The number of carbonyl (C=O) groups excluding carboxylic acids is 1. The van der Waals surface area contributed by atoms with Crippen molar-refractivity contribution >= 4 is 21.3 Å². The Bertz CT molecular complexity index is 707. The first-order chi connectivity index (χ1) is 10.8. The van der Waals surface area contributed by atoms with Crippen molar-refractivity contribution < 1.29 is 18.4 Å². The third kappa shape index (κ3) is 3.82. The van der Waals surface area contributed by atoms with Gasteiger partial charge in [0, 0.05) is 6.26 Å². The van der Waals surface area contributed by atoms with E-state index >= 15 is 0 Å². The highest BCUT2D eigenvalue weighted by Gasteiger charge is 2.43. The van der Waals surface area contributed by atoms with Gasteiger partial charge in [0.15, 0.2) is 9.84 Å². The van der Waals surface area contributed by atoms with E-state index in [9.17, 15) is 13.2 Å². The zero-order valence-electron chi connectivity index (χ0n) is 13.5. The van der Waals surface area contributed by atoms with Crippen molar-refractivity contribution in [2.75, 3.05) is 6.26 Å². The predicted molar refractivity (Wildman–Crippen MR) is 89.8 cm³/mol. The minimum absolute atomic E-state index is 0.111. The number of rotatable bonds is 6. The molecule has 1 unspecified atom stereocenters. The highest BCUT2D eigenvalue weighted by atomic mass is 32.2. The first kappa shape index (κ1) is 17.7. The molecule has 0 spiro atoms. The molecule has 0 bridgehead atoms. The number of amides is 1. The molecule has 1 aliphatic rings. The fourth-order valence-corrected chi connectivity index (χ4v) is 3.64. The van der Waals surface area contributed by atoms with E-state index in [1.165, 1.54) is 30.0 Å². The molecule has 1 aromatic rings. The lowest BCUT2D eigenvalue weighted by molar-refractivity contribution is -0.131. The minimum atomic E-state index is -3.65. The molecule has 0 heterocycles. The van der Waals surface area contributed by atoms with E-state index in [2.05, 4.69) is 6.08 Å². The normalized spacial score (nSPS) is 17.4. The average molecular weight is 337 g/mol. The Morgan fingerprint density at radius 1 is 1.30 bits per heavy atom. The van der Waals surface area contributed by atoms with Crippen LogP contribution >= 0.6 is 0 Å². The van der Waals surface area contributed by atoms with E-state index in [0.717, 1.165) is 24.7 Å². The molecule has 2 N–H and O–H groups in total. The van der Waals surface area contributed by atoms with Gasteiger partial charge in [-0.05, 0) is 55.7 Å². The van der Waals surface area contributed by atoms with Crippen LogP contribution in [0.3, 0.4) is 0 Å². The van der Waals surface area contributed by atoms with Crippen LogP contribution in [0.5, 0.6) is 0 Å². The molecule has 0 aliphatic heterocycles. The molecule has 1 atom stereocenters. The summed E-state index contributed by atoms with van der Waals surface area (Å²) in [5, 5.41) is 8.82. The van der Waals surface area contributed by atoms with Gasteiger partial charge in [-0.15, -0.1) is 0 Å². The Kier molecular flexibility index (Phi) is 5.26. The molecule has 0 radical (unpaired) electrons. The molecule has 2 rings (SSSR count). The molecule has 5 nitrogen and oxygen atoms in total. The lowest BCUT2D eigenvalue weighted by Gasteiger charge is -2.25. The van der Waals surface area contributed by atoms with Crippen molar-refractivity contribution in [1.29, 1.82) is 0 Å². The van der Waals surface area contributed by atoms with E-state index in [4.69, 9.17) is 5.21 Å². The summed E-state index contributed by atoms with van der Waals surface area (Å²) in [6.45, 7) is 1.34. The molecular weight excluding hydrogens is 314 g/mol. The number of sulfone groups is 1. The van der Waals surface area contributed by atoms with E-state index in [-0.39, 0.29) is 6.42 Å². The van der Waals surface area contributed by atoms with Gasteiger partial charge in [0.2, 0.25) is 0 Å². The molecule has 0 saturated carbocycles. The van der Waals surface area contributed by atoms with Gasteiger partial charge in [0.05, 0.1) is 0 Å². The first-order valence-corrected chi connectivity index (χ1v) is 9.59. The maximum absolute atomic E-state index is 11.9. The van der Waals surface area contributed by atoms with Gasteiger partial charge >= 0.3 is 0 Å². The molecule has 1 aliphatic carbocycles. The molecule has 23 heavy (non-hydrogen) atoms. The second kappa shape index (κ2) is 6.84. The number of nitrogens with one attached hydrogen (secondary N) is 1. The zero-order valence-corrected chi connectivity index (χ0v) is 14.3. The van der Waals surface area contributed by atoms with Crippen LogP contribution in [0, 0.1) is 0 Å². The molecule has 0 saturated heterocycles. The van der Waals surface area contributed by atoms with Crippen LogP contribution in [0.4, 0.5) is 0 Å². The summed E-state index contributed by atoms with van der Waals surface area (Å²) in [7, 11) is -3.65. The first-order valence-electron chi connectivity index (χ1n) is 7.70. The van der Waals surface area contributed by atoms with Gasteiger partial charge in [-0.2, -0.15) is 0 Å². The Balaban J connectivity index is 2.11. The van der Waals surface area contributed by atoms with E-state index in [0.29, 0.717) is 6.42 Å². The van der Waals surface area contributed by atoms with Gasteiger partial charge in [-0.1, -0.05) is 30.3 Å². The highest BCUT2D eigenvalue weighted by molar-refractivity contribution is 7.92. The van der Waals surface area contributed by atoms with Crippen LogP contribution in [0.15, 0.2) is 30.3 Å². The predicted octanol–water partition coefficient (Wildman–Crippen LogP) is 2.50. The summed E-state index contributed by atoms with van der Waals surface area (Å²) in [6, 6.07) is 8.01. The number of carbonyl (C=O) groups is 1. The monoisotopic (exact) mass is 337 g/mol. The smallest absolute Gasteiger partial charge is 0.264 e. The maximum Gasteiger partial charge on any atom is 0.264 e. The fraction of sp³-hybridized carbons (Fsp3) is 0.471. The summed E-state index contributed by atoms with van der Waals surface area (Å²) >= 11 is 0. The van der Waals surface area contributed by atoms with Crippen molar-refractivity contribution in [2.24, 2.45) is 0 Å². The molecule has 0 fully saturated rings. The van der Waals surface area contributed by atoms with Crippen molar-refractivity contribution in [2.45, 2.75) is 43.8 Å². The molecule has 1 aromatic carbocycles. The molecule has 6 heteroatoms. The molecule has 0 aromatic heterocycles. The summed E-state index contributed by atoms with van der Waals surface area (Å²) in [5.74, 6) is -0.896. The van der Waals surface area contributed by atoms with Crippen LogP contribution in [-0.4, -0.2) is 30.5 Å². The largest absolute Gasteiger partial charge is 0.289 e. The van der Waals surface area contributed by atoms with Gasteiger partial charge in [0.1, 0.15) is 4.75 Å². The van der Waals surface area contributed by atoms with E-state index in [1.54, 1.807) is 0 Å². The number of hydroxylamine groups is 1. The van der Waals surface area contributed by atoms with Crippen molar-refractivity contribution in [3.8, 4) is 0 Å². The number of allylic oxidation sites excluding steroid dienone is 2. The topological polar surface area (TPSA) is 83.5 Å². The minimum Gasteiger partial charge on any atom is -0.289 e. The van der Waals surface area contributed by atoms with E-state index < -0.39 is 20.5 Å². The van der Waals surface area contributed by atoms with Crippen molar-refractivity contribution in [3.05, 3.63) is 41.5 Å². The molecule has 126 valence electrons. The van der Waals surface area contributed by atoms with Gasteiger partial charge in [-0.25, -0.2) is 13.9 Å². The van der Waals surface area contributed by atoms with Gasteiger partial charge in [0.25, 0.3) is 5.91 Å². The summed E-state index contributed by atoms with van der Waals surface area (Å²) in [5.41, 5.74) is 4.99. The maximum atomic E-state index is 11.9. The standard InChI is InChI=1S/C17H23NO4S/c1-17(16(19)18-20,23(2,21)22)12-11-13-7-9-15(10-8-13)14-5-3-4-6-14/h5,7-10,20H,3-4,6,11-12H2,1-2H3,(H,18,19). The summed E-state index contributed by atoms with van der Waals surface area (Å²) in [4.78, 5) is 11.8. The third-order valence-corrected chi connectivity index (χ3v) is 6.68. The summed E-state index contributed by atoms with van der Waals surface area (Å²) in [6.07, 6.45) is 7.23. The van der Waals surface area contributed by atoms with E-state index in [1.807, 2.05) is 24.3 Å². The second-order valence-corrected chi connectivity index (χ2v) is 8.71. The van der Waals surface area contributed by atoms with Crippen molar-refractivity contribution in [3.63, 3.8) is 0 Å². The number of aryl methyl sites for hydroxylation is 1. The Morgan fingerprint density at radius 3 is 2.43 bits per heavy atom. The third-order valence-electron chi connectivity index (χ3n) is 4.66. The lowest BCUT2D eigenvalue weighted by atomic mass is 9.97. The number of hydrogen-bond donors (Lipinski definition) is 2. The van der Waals surface area contributed by atoms with Gasteiger partial charge in [-0.3, -0.25) is 10.0 Å². The fourth-order valence-electron chi connectivity index (χ4n) is 2.79. The zero-order chi connectivity index (χ0) is 17.1. The van der Waals surface area contributed by atoms with Crippen LogP contribution in [-0.2, 0) is 21.1 Å². The summed E-state index contributed by atoms with van der Waals surface area (Å²) < 4.78 is 22.2. The molecular formula is C17H23NO4S. The van der Waals surface area contributed by atoms with Crippen LogP contribution in [0.2, 0.25) is 0 Å². The highest BCUT2D eigenvalue weighted by Crippen LogP contribution is 2.28. The lowest BCUT2D eigenvalue weighted by Crippen LogP contribution is -2.49. The number of benzene rings is 1. The Labute approximate surface area is 137 Å². The quantitative estimate of drug-likeness (QED) is 0.617. The Morgan fingerprint density at radius 2 is 1.96 bits per heavy atom. The average Bonchev–Trinajstić information content (AvgIpc) is 3.05. The SMILES string of the molecule is CC(CCc1ccc(C2=CCCC2)cc1)(C(=O)NO)S(C)(=O)=O. The Hall–Kier alpha value is -1.66. The van der Waals surface area contributed by atoms with Crippen LogP contribution in [0.25, 0.3) is 5.57 Å². The van der Waals surface area contributed by atoms with Gasteiger partial charge < -0.3 is 0 Å².